The van der Waals surface area contributed by atoms with Gasteiger partial charge in [-0.15, -0.1) is 0 Å². The zero-order chi connectivity index (χ0) is 18.0. The smallest absolute Gasteiger partial charge is 0.278 e. The standard InChI is InChI=1S/C18H16FN3O3/c1-11(12-3-6-18(25-2)15(19)9-12)21-16-4-5-17(22(23)24)14-10-20-8-7-13(14)16/h3-11,21H,1-2H3/t11-/m0/s1. The van der Waals surface area contributed by atoms with Gasteiger partial charge in [0.2, 0.25) is 0 Å². The van der Waals surface area contributed by atoms with Crippen LogP contribution in [0.25, 0.3) is 10.8 Å². The molecule has 0 aliphatic carbocycles. The average molecular weight is 341 g/mol. The third-order valence-corrected chi connectivity index (χ3v) is 4.04. The van der Waals surface area contributed by atoms with Crippen molar-refractivity contribution >= 4 is 22.1 Å². The maximum Gasteiger partial charge on any atom is 0.278 e. The van der Waals surface area contributed by atoms with E-state index in [2.05, 4.69) is 10.3 Å². The van der Waals surface area contributed by atoms with Crippen LogP contribution in [0.2, 0.25) is 0 Å². The molecule has 0 saturated heterocycles. The fraction of sp³-hybridized carbons (Fsp3) is 0.167. The first kappa shape index (κ1) is 16.6. The van der Waals surface area contributed by atoms with E-state index in [1.54, 1.807) is 30.5 Å². The lowest BCUT2D eigenvalue weighted by atomic mass is 10.1. The molecule has 128 valence electrons. The van der Waals surface area contributed by atoms with E-state index < -0.39 is 10.7 Å². The molecule has 0 unspecified atom stereocenters. The number of ether oxygens (including phenoxy) is 1. The highest BCUT2D eigenvalue weighted by Gasteiger charge is 2.16. The van der Waals surface area contributed by atoms with Crippen molar-refractivity contribution in [3.8, 4) is 5.75 Å². The highest BCUT2D eigenvalue weighted by atomic mass is 19.1. The third-order valence-electron chi connectivity index (χ3n) is 4.04. The second-order valence-electron chi connectivity index (χ2n) is 5.57. The number of non-ortho nitro benzene ring substituents is 1. The van der Waals surface area contributed by atoms with Gasteiger partial charge in [0.25, 0.3) is 5.69 Å². The summed E-state index contributed by atoms with van der Waals surface area (Å²) in [6.45, 7) is 1.88. The number of nitro groups is 1. The topological polar surface area (TPSA) is 77.3 Å². The molecular formula is C18H16FN3O3. The minimum Gasteiger partial charge on any atom is -0.494 e. The van der Waals surface area contributed by atoms with E-state index >= 15 is 0 Å². The number of benzene rings is 2. The molecule has 7 heteroatoms. The number of anilines is 1. The van der Waals surface area contributed by atoms with Crippen LogP contribution in [0.15, 0.2) is 48.8 Å². The Bertz CT molecular complexity index is 946. The summed E-state index contributed by atoms with van der Waals surface area (Å²) in [4.78, 5) is 14.7. The molecule has 0 amide bonds. The van der Waals surface area contributed by atoms with Crippen LogP contribution in [-0.4, -0.2) is 17.0 Å². The van der Waals surface area contributed by atoms with E-state index in [1.807, 2.05) is 6.92 Å². The summed E-state index contributed by atoms with van der Waals surface area (Å²) in [5, 5.41) is 15.6. The molecule has 0 spiro atoms. The van der Waals surface area contributed by atoms with Crippen molar-refractivity contribution in [3.05, 3.63) is 70.3 Å². The fourth-order valence-corrected chi connectivity index (χ4v) is 2.73. The maximum atomic E-state index is 13.9. The van der Waals surface area contributed by atoms with Crippen molar-refractivity contribution in [2.24, 2.45) is 0 Å². The number of pyridine rings is 1. The Morgan fingerprint density at radius 2 is 2.04 bits per heavy atom. The molecule has 0 saturated carbocycles. The summed E-state index contributed by atoms with van der Waals surface area (Å²) in [6.07, 6.45) is 3.05. The lowest BCUT2D eigenvalue weighted by Gasteiger charge is -2.18. The molecule has 2 aromatic carbocycles. The van der Waals surface area contributed by atoms with Gasteiger partial charge < -0.3 is 10.1 Å². The fourth-order valence-electron chi connectivity index (χ4n) is 2.73. The number of nitrogens with one attached hydrogen (secondary N) is 1. The summed E-state index contributed by atoms with van der Waals surface area (Å²) in [6, 6.07) is 9.34. The Morgan fingerprint density at radius 1 is 1.24 bits per heavy atom. The quantitative estimate of drug-likeness (QED) is 0.547. The van der Waals surface area contributed by atoms with Crippen molar-refractivity contribution < 1.29 is 14.1 Å². The van der Waals surface area contributed by atoms with Crippen molar-refractivity contribution in [3.63, 3.8) is 0 Å². The van der Waals surface area contributed by atoms with Crippen LogP contribution in [0.5, 0.6) is 5.75 Å². The molecule has 1 heterocycles. The highest BCUT2D eigenvalue weighted by molar-refractivity contribution is 5.99. The zero-order valence-corrected chi connectivity index (χ0v) is 13.7. The van der Waals surface area contributed by atoms with Crippen LogP contribution in [0.1, 0.15) is 18.5 Å². The Hall–Kier alpha value is -3.22. The molecule has 1 N–H and O–H groups in total. The first-order valence-corrected chi connectivity index (χ1v) is 7.62. The number of nitro benzene ring substituents is 1. The van der Waals surface area contributed by atoms with Crippen LogP contribution in [0.3, 0.4) is 0 Å². The van der Waals surface area contributed by atoms with Crippen LogP contribution in [0, 0.1) is 15.9 Å². The molecule has 1 aromatic heterocycles. The van der Waals surface area contributed by atoms with Crippen molar-refractivity contribution in [2.75, 3.05) is 12.4 Å². The van der Waals surface area contributed by atoms with Crippen molar-refractivity contribution in [1.82, 2.24) is 4.98 Å². The molecule has 0 fully saturated rings. The minimum atomic E-state index is -0.439. The number of halogens is 1. The van der Waals surface area contributed by atoms with E-state index in [9.17, 15) is 14.5 Å². The largest absolute Gasteiger partial charge is 0.494 e. The Labute approximate surface area is 143 Å². The van der Waals surface area contributed by atoms with Crippen molar-refractivity contribution in [1.29, 1.82) is 0 Å². The van der Waals surface area contributed by atoms with Gasteiger partial charge in [0.1, 0.15) is 0 Å². The second kappa shape index (κ2) is 6.72. The molecule has 25 heavy (non-hydrogen) atoms. The number of fused-ring (bicyclic) bond motifs is 1. The van der Waals surface area contributed by atoms with Gasteiger partial charge in [0.15, 0.2) is 11.6 Å². The predicted octanol–water partition coefficient (Wildman–Crippen LogP) is 4.46. The monoisotopic (exact) mass is 341 g/mol. The number of nitrogens with zero attached hydrogens (tertiary/aromatic N) is 2. The molecule has 6 nitrogen and oxygen atoms in total. The molecule has 0 aliphatic rings. The number of hydrogen-bond donors (Lipinski definition) is 1. The van der Waals surface area contributed by atoms with Crippen LogP contribution in [0.4, 0.5) is 15.8 Å². The SMILES string of the molecule is COc1ccc([C@H](C)Nc2ccc([N+](=O)[O-])c3cnccc23)cc1F. The van der Waals surface area contributed by atoms with Gasteiger partial charge in [-0.1, -0.05) is 6.07 Å². The van der Waals surface area contributed by atoms with E-state index in [-0.39, 0.29) is 17.5 Å². The minimum absolute atomic E-state index is 0.00297. The van der Waals surface area contributed by atoms with Crippen molar-refractivity contribution in [2.45, 2.75) is 13.0 Å². The first-order chi connectivity index (χ1) is 12.0. The molecular weight excluding hydrogens is 325 g/mol. The average Bonchev–Trinajstić information content (AvgIpc) is 2.61. The van der Waals surface area contributed by atoms with E-state index in [0.29, 0.717) is 16.5 Å². The van der Waals surface area contributed by atoms with Gasteiger partial charge >= 0.3 is 0 Å². The molecule has 0 bridgehead atoms. The Morgan fingerprint density at radius 3 is 2.72 bits per heavy atom. The van der Waals surface area contributed by atoms with Gasteiger partial charge in [-0.05, 0) is 36.8 Å². The molecule has 0 radical (unpaired) electrons. The predicted molar refractivity (Wildman–Crippen MR) is 93.4 cm³/mol. The lowest BCUT2D eigenvalue weighted by Crippen LogP contribution is -2.08. The van der Waals surface area contributed by atoms with E-state index in [0.717, 1.165) is 5.56 Å². The number of hydrogen-bond acceptors (Lipinski definition) is 5. The summed E-state index contributed by atoms with van der Waals surface area (Å²) in [5.74, 6) is -0.255. The summed E-state index contributed by atoms with van der Waals surface area (Å²) in [7, 11) is 1.41. The number of aromatic nitrogens is 1. The zero-order valence-electron chi connectivity index (χ0n) is 13.7. The van der Waals surface area contributed by atoms with Gasteiger partial charge in [-0.3, -0.25) is 15.1 Å². The maximum absolute atomic E-state index is 13.9. The highest BCUT2D eigenvalue weighted by Crippen LogP contribution is 2.33. The molecule has 1 atom stereocenters. The summed E-state index contributed by atoms with van der Waals surface area (Å²) in [5.41, 5.74) is 1.45. The van der Waals surface area contributed by atoms with Crippen LogP contribution in [-0.2, 0) is 0 Å². The Balaban J connectivity index is 1.96. The van der Waals surface area contributed by atoms with E-state index in [4.69, 9.17) is 4.74 Å². The molecule has 3 aromatic rings. The lowest BCUT2D eigenvalue weighted by molar-refractivity contribution is -0.383. The van der Waals surface area contributed by atoms with Gasteiger partial charge in [-0.2, -0.15) is 0 Å². The number of rotatable bonds is 5. The van der Waals surface area contributed by atoms with Gasteiger partial charge in [0, 0.05) is 35.6 Å². The van der Waals surface area contributed by atoms with Gasteiger partial charge in [0.05, 0.1) is 17.4 Å². The Kier molecular flexibility index (Phi) is 4.47. The van der Waals surface area contributed by atoms with Gasteiger partial charge in [-0.25, -0.2) is 4.39 Å². The van der Waals surface area contributed by atoms with Crippen LogP contribution < -0.4 is 10.1 Å². The van der Waals surface area contributed by atoms with E-state index in [1.165, 1.54) is 25.4 Å². The molecule has 3 rings (SSSR count). The third kappa shape index (κ3) is 3.21. The summed E-state index contributed by atoms with van der Waals surface area (Å²) >= 11 is 0. The second-order valence-corrected chi connectivity index (χ2v) is 5.57. The molecule has 0 aliphatic heterocycles. The number of methoxy groups -OCH3 is 1. The summed E-state index contributed by atoms with van der Waals surface area (Å²) < 4.78 is 18.8. The van der Waals surface area contributed by atoms with Crippen LogP contribution >= 0.6 is 0 Å². The first-order valence-electron chi connectivity index (χ1n) is 7.62. The normalized spacial score (nSPS) is 12.0.